The Labute approximate surface area is 106 Å². The van der Waals surface area contributed by atoms with E-state index in [1.165, 1.54) is 0 Å². The lowest BCUT2D eigenvalue weighted by Gasteiger charge is -2.23. The van der Waals surface area contributed by atoms with Crippen LogP contribution in [0.5, 0.6) is 0 Å². The minimum absolute atomic E-state index is 0.0854. The molecule has 2 rings (SSSR count). The third kappa shape index (κ3) is 2.39. The second kappa shape index (κ2) is 5.07. The predicted octanol–water partition coefficient (Wildman–Crippen LogP) is -0.0225. The van der Waals surface area contributed by atoms with Crippen molar-refractivity contribution in [1.29, 1.82) is 0 Å². The Morgan fingerprint density at radius 1 is 1.61 bits per heavy atom. The Kier molecular flexibility index (Phi) is 3.68. The van der Waals surface area contributed by atoms with Crippen molar-refractivity contribution in [3.05, 3.63) is 17.5 Å². The van der Waals surface area contributed by atoms with Crippen LogP contribution in [0.3, 0.4) is 0 Å². The number of aliphatic hydroxyl groups is 1. The van der Waals surface area contributed by atoms with Crippen LogP contribution in [-0.2, 0) is 0 Å². The SMILES string of the molecule is Cc1cc(C(=O)N2C[C@@H](CO)[C@H](N(C)C)C2)on1. The summed E-state index contributed by atoms with van der Waals surface area (Å²) in [4.78, 5) is 15.9. The molecule has 1 N–H and O–H groups in total. The van der Waals surface area contributed by atoms with E-state index in [4.69, 9.17) is 4.52 Å². The zero-order chi connectivity index (χ0) is 13.3. The topological polar surface area (TPSA) is 69.8 Å². The number of carbonyl (C=O) groups excluding carboxylic acids is 1. The quantitative estimate of drug-likeness (QED) is 0.819. The molecular formula is C12H19N3O3. The molecule has 1 fully saturated rings. The average molecular weight is 253 g/mol. The fourth-order valence-corrected chi connectivity index (χ4v) is 2.40. The first-order valence-corrected chi connectivity index (χ1v) is 6.02. The van der Waals surface area contributed by atoms with Gasteiger partial charge in [-0.2, -0.15) is 0 Å². The molecular weight excluding hydrogens is 234 g/mol. The number of likely N-dealkylation sites (N-methyl/N-ethyl adjacent to an activating group) is 1. The van der Waals surface area contributed by atoms with Gasteiger partial charge in [-0.15, -0.1) is 0 Å². The molecule has 0 radical (unpaired) electrons. The number of aliphatic hydroxyl groups excluding tert-OH is 1. The highest BCUT2D eigenvalue weighted by molar-refractivity contribution is 5.91. The van der Waals surface area contributed by atoms with Crippen molar-refractivity contribution >= 4 is 5.91 Å². The zero-order valence-corrected chi connectivity index (χ0v) is 11.0. The fraction of sp³-hybridized carbons (Fsp3) is 0.667. The van der Waals surface area contributed by atoms with Crippen LogP contribution in [0.15, 0.2) is 10.6 Å². The van der Waals surface area contributed by atoms with E-state index < -0.39 is 0 Å². The molecule has 0 aromatic carbocycles. The van der Waals surface area contributed by atoms with Crippen LogP contribution < -0.4 is 0 Å². The van der Waals surface area contributed by atoms with Gasteiger partial charge in [0.05, 0.1) is 5.69 Å². The van der Waals surface area contributed by atoms with Crippen LogP contribution in [0.1, 0.15) is 16.2 Å². The normalized spacial score (nSPS) is 23.9. The fourth-order valence-electron chi connectivity index (χ4n) is 2.40. The van der Waals surface area contributed by atoms with Crippen LogP contribution >= 0.6 is 0 Å². The van der Waals surface area contributed by atoms with Gasteiger partial charge in [-0.05, 0) is 21.0 Å². The molecule has 0 bridgehead atoms. The Morgan fingerprint density at radius 3 is 2.78 bits per heavy atom. The monoisotopic (exact) mass is 253 g/mol. The molecule has 0 saturated carbocycles. The number of aryl methyl sites for hydroxylation is 1. The van der Waals surface area contributed by atoms with Gasteiger partial charge in [0.15, 0.2) is 0 Å². The maximum Gasteiger partial charge on any atom is 0.292 e. The van der Waals surface area contributed by atoms with E-state index in [-0.39, 0.29) is 30.2 Å². The van der Waals surface area contributed by atoms with E-state index in [1.54, 1.807) is 17.9 Å². The summed E-state index contributed by atoms with van der Waals surface area (Å²) in [5.41, 5.74) is 0.695. The lowest BCUT2D eigenvalue weighted by Crippen LogP contribution is -2.37. The largest absolute Gasteiger partial charge is 0.396 e. The highest BCUT2D eigenvalue weighted by Crippen LogP contribution is 2.22. The van der Waals surface area contributed by atoms with Gasteiger partial charge in [0.1, 0.15) is 0 Å². The predicted molar refractivity (Wildman–Crippen MR) is 65.2 cm³/mol. The van der Waals surface area contributed by atoms with E-state index in [0.717, 1.165) is 0 Å². The van der Waals surface area contributed by atoms with E-state index >= 15 is 0 Å². The minimum Gasteiger partial charge on any atom is -0.396 e. The summed E-state index contributed by atoms with van der Waals surface area (Å²) >= 11 is 0. The van der Waals surface area contributed by atoms with Crippen molar-refractivity contribution in [2.75, 3.05) is 33.8 Å². The van der Waals surface area contributed by atoms with Gasteiger partial charge in [-0.1, -0.05) is 5.16 Å². The molecule has 18 heavy (non-hydrogen) atoms. The first-order valence-electron chi connectivity index (χ1n) is 6.02. The van der Waals surface area contributed by atoms with Crippen LogP contribution in [0.2, 0.25) is 0 Å². The number of hydrogen-bond donors (Lipinski definition) is 1. The van der Waals surface area contributed by atoms with E-state index in [0.29, 0.717) is 18.8 Å². The van der Waals surface area contributed by atoms with Crippen molar-refractivity contribution < 1.29 is 14.4 Å². The highest BCUT2D eigenvalue weighted by atomic mass is 16.5. The Balaban J connectivity index is 2.09. The zero-order valence-electron chi connectivity index (χ0n) is 11.0. The van der Waals surface area contributed by atoms with Crippen LogP contribution in [0.4, 0.5) is 0 Å². The molecule has 1 aliphatic rings. The number of likely N-dealkylation sites (tertiary alicyclic amines) is 1. The van der Waals surface area contributed by atoms with Crippen molar-refractivity contribution in [1.82, 2.24) is 15.0 Å². The van der Waals surface area contributed by atoms with Crippen LogP contribution in [0.25, 0.3) is 0 Å². The molecule has 2 heterocycles. The van der Waals surface area contributed by atoms with Gasteiger partial charge in [-0.3, -0.25) is 4.79 Å². The lowest BCUT2D eigenvalue weighted by molar-refractivity contribution is 0.0737. The Bertz CT molecular complexity index is 430. The molecule has 6 heteroatoms. The van der Waals surface area contributed by atoms with Crippen molar-refractivity contribution in [2.45, 2.75) is 13.0 Å². The average Bonchev–Trinajstić information content (AvgIpc) is 2.93. The summed E-state index contributed by atoms with van der Waals surface area (Å²) in [6.07, 6.45) is 0. The second-order valence-corrected chi connectivity index (χ2v) is 5.02. The first-order chi connectivity index (χ1) is 8.52. The summed E-state index contributed by atoms with van der Waals surface area (Å²) in [5.74, 6) is 0.204. The number of rotatable bonds is 3. The number of aromatic nitrogens is 1. The van der Waals surface area contributed by atoms with E-state index in [1.807, 2.05) is 19.0 Å². The summed E-state index contributed by atoms with van der Waals surface area (Å²) in [7, 11) is 3.92. The molecule has 1 amide bonds. The first kappa shape index (κ1) is 13.0. The molecule has 1 aromatic rings. The maximum atomic E-state index is 12.2. The molecule has 6 nitrogen and oxygen atoms in total. The van der Waals surface area contributed by atoms with Crippen molar-refractivity contribution in [3.8, 4) is 0 Å². The van der Waals surface area contributed by atoms with E-state index in [9.17, 15) is 9.90 Å². The lowest BCUT2D eigenvalue weighted by atomic mass is 10.0. The van der Waals surface area contributed by atoms with Crippen molar-refractivity contribution in [3.63, 3.8) is 0 Å². The minimum atomic E-state index is -0.154. The number of hydrogen-bond acceptors (Lipinski definition) is 5. The molecule has 0 unspecified atom stereocenters. The summed E-state index contributed by atoms with van der Waals surface area (Å²) in [6, 6.07) is 1.82. The third-order valence-electron chi connectivity index (χ3n) is 3.43. The summed E-state index contributed by atoms with van der Waals surface area (Å²) < 4.78 is 4.99. The van der Waals surface area contributed by atoms with Crippen molar-refractivity contribution in [2.24, 2.45) is 5.92 Å². The third-order valence-corrected chi connectivity index (χ3v) is 3.43. The van der Waals surface area contributed by atoms with Gasteiger partial charge in [0.2, 0.25) is 5.76 Å². The smallest absolute Gasteiger partial charge is 0.292 e. The van der Waals surface area contributed by atoms with Crippen LogP contribution in [-0.4, -0.2) is 65.8 Å². The molecule has 2 atom stereocenters. The maximum absolute atomic E-state index is 12.2. The number of amides is 1. The molecule has 0 aliphatic carbocycles. The molecule has 1 aliphatic heterocycles. The molecule has 0 spiro atoms. The summed E-state index contributed by atoms with van der Waals surface area (Å²) in [6.45, 7) is 3.03. The van der Waals surface area contributed by atoms with Crippen LogP contribution in [0, 0.1) is 12.8 Å². The van der Waals surface area contributed by atoms with E-state index in [2.05, 4.69) is 5.16 Å². The number of nitrogens with zero attached hydrogens (tertiary/aromatic N) is 3. The van der Waals surface area contributed by atoms with Gasteiger partial charge < -0.3 is 19.4 Å². The summed E-state index contributed by atoms with van der Waals surface area (Å²) in [5, 5.41) is 13.1. The van der Waals surface area contributed by atoms with Gasteiger partial charge >= 0.3 is 0 Å². The number of carbonyl (C=O) groups is 1. The molecule has 100 valence electrons. The standard InChI is InChI=1S/C12H19N3O3/c1-8-4-11(18-13-8)12(17)15-5-9(7-16)10(6-15)14(2)3/h4,9-10,16H,5-7H2,1-3H3/t9-,10+/m0/s1. The molecule has 1 saturated heterocycles. The van der Waals surface area contributed by atoms with Gasteiger partial charge in [0, 0.05) is 37.7 Å². The Morgan fingerprint density at radius 2 is 2.33 bits per heavy atom. The molecule has 1 aromatic heterocycles. The van der Waals surface area contributed by atoms with Gasteiger partial charge in [0.25, 0.3) is 5.91 Å². The Hall–Kier alpha value is -1.40. The van der Waals surface area contributed by atoms with Gasteiger partial charge in [-0.25, -0.2) is 0 Å². The second-order valence-electron chi connectivity index (χ2n) is 5.02. The highest BCUT2D eigenvalue weighted by Gasteiger charge is 2.37.